The molecular weight excluding hydrogens is 178 g/mol. The van der Waals surface area contributed by atoms with Crippen LogP contribution in [0.1, 0.15) is 12.6 Å². The highest BCUT2D eigenvalue weighted by atomic mass is 35.5. The van der Waals surface area contributed by atoms with Gasteiger partial charge in [0.05, 0.1) is 0 Å². The van der Waals surface area contributed by atoms with Gasteiger partial charge in [0, 0.05) is 17.4 Å². The summed E-state index contributed by atoms with van der Waals surface area (Å²) in [5.74, 6) is 0. The van der Waals surface area contributed by atoms with E-state index >= 15 is 0 Å². The van der Waals surface area contributed by atoms with Crippen molar-refractivity contribution in [2.75, 3.05) is 0 Å². The minimum atomic E-state index is -1.53. The van der Waals surface area contributed by atoms with Crippen molar-refractivity contribution in [1.29, 1.82) is 0 Å². The van der Waals surface area contributed by atoms with E-state index in [0.717, 1.165) is 0 Å². The Morgan fingerprint density at radius 2 is 2.25 bits per heavy atom. The van der Waals surface area contributed by atoms with Gasteiger partial charge in [-0.05, 0) is 18.0 Å². The summed E-state index contributed by atoms with van der Waals surface area (Å²) in [6.45, 7) is 1.85. The fraction of sp³-hybridized carbons (Fsp3) is 0.333. The lowest BCUT2D eigenvalue weighted by Gasteiger charge is -2.04. The monoisotopic (exact) mass is 186 g/mol. The molecule has 0 bridgehead atoms. The first-order chi connectivity index (χ1) is 5.65. The first kappa shape index (κ1) is 9.44. The van der Waals surface area contributed by atoms with E-state index in [1.807, 2.05) is 6.92 Å². The Balaban J connectivity index is 3.11. The van der Waals surface area contributed by atoms with Crippen molar-refractivity contribution >= 4 is 24.2 Å². The van der Waals surface area contributed by atoms with E-state index < -0.39 is 7.12 Å². The summed E-state index contributed by atoms with van der Waals surface area (Å²) in [7, 11) is -1.53. The molecule has 1 heterocycles. The van der Waals surface area contributed by atoms with Gasteiger partial charge in [-0.15, -0.1) is 0 Å². The van der Waals surface area contributed by atoms with E-state index in [1.165, 1.54) is 6.20 Å². The number of halogens is 1. The molecule has 2 N–H and O–H groups in total. The summed E-state index contributed by atoms with van der Waals surface area (Å²) < 4.78 is 0. The van der Waals surface area contributed by atoms with Crippen molar-refractivity contribution in [3.05, 3.63) is 17.2 Å². The zero-order valence-electron chi connectivity index (χ0n) is 6.53. The second kappa shape index (κ2) is 3.84. The Labute approximate surface area is 75.4 Å². The molecule has 0 saturated heterocycles. The molecule has 0 fully saturated rings. The van der Waals surface area contributed by atoms with E-state index in [0.29, 0.717) is 17.6 Å². The first-order valence-corrected chi connectivity index (χ1v) is 3.90. The molecule has 0 aliphatic heterocycles. The van der Waals surface area contributed by atoms with Crippen LogP contribution in [-0.4, -0.2) is 27.1 Å². The van der Waals surface area contributed by atoms with Crippen LogP contribution in [0.15, 0.2) is 6.20 Å². The number of hydrogen-bond donors (Lipinski definition) is 2. The van der Waals surface area contributed by atoms with E-state index in [2.05, 4.69) is 9.97 Å². The topological polar surface area (TPSA) is 66.2 Å². The molecule has 0 atom stereocenters. The minimum absolute atomic E-state index is 0.122. The summed E-state index contributed by atoms with van der Waals surface area (Å²) in [6.07, 6.45) is 1.91. The molecule has 1 aromatic rings. The minimum Gasteiger partial charge on any atom is -0.423 e. The van der Waals surface area contributed by atoms with Gasteiger partial charge in [0.2, 0.25) is 5.28 Å². The van der Waals surface area contributed by atoms with Gasteiger partial charge in [0.15, 0.2) is 0 Å². The Hall–Kier alpha value is -0.645. The van der Waals surface area contributed by atoms with Crippen LogP contribution in [0.2, 0.25) is 5.28 Å². The van der Waals surface area contributed by atoms with Gasteiger partial charge >= 0.3 is 7.12 Å². The van der Waals surface area contributed by atoms with Crippen molar-refractivity contribution < 1.29 is 10.0 Å². The first-order valence-electron chi connectivity index (χ1n) is 3.52. The summed E-state index contributed by atoms with van der Waals surface area (Å²) in [6, 6.07) is 0. The normalized spacial score (nSPS) is 10.0. The van der Waals surface area contributed by atoms with Gasteiger partial charge in [-0.25, -0.2) is 9.97 Å². The van der Waals surface area contributed by atoms with Gasteiger partial charge in [-0.2, -0.15) is 0 Å². The molecule has 0 unspecified atom stereocenters. The summed E-state index contributed by atoms with van der Waals surface area (Å²) >= 11 is 5.51. The molecule has 1 rings (SSSR count). The molecule has 12 heavy (non-hydrogen) atoms. The van der Waals surface area contributed by atoms with Gasteiger partial charge in [-0.1, -0.05) is 6.92 Å². The molecule has 0 saturated carbocycles. The van der Waals surface area contributed by atoms with Crippen LogP contribution in [0.25, 0.3) is 0 Å². The third-order valence-corrected chi connectivity index (χ3v) is 1.67. The van der Waals surface area contributed by atoms with E-state index in [9.17, 15) is 0 Å². The Morgan fingerprint density at radius 3 is 2.75 bits per heavy atom. The zero-order valence-corrected chi connectivity index (χ0v) is 7.28. The van der Waals surface area contributed by atoms with E-state index in [-0.39, 0.29) is 5.28 Å². The van der Waals surface area contributed by atoms with Crippen LogP contribution in [0.5, 0.6) is 0 Å². The molecule has 1 aromatic heterocycles. The molecule has 0 radical (unpaired) electrons. The average Bonchev–Trinajstić information content (AvgIpc) is 2.03. The second-order valence-electron chi connectivity index (χ2n) is 2.27. The molecule has 0 amide bonds. The van der Waals surface area contributed by atoms with Crippen LogP contribution in [0.4, 0.5) is 0 Å². The maximum Gasteiger partial charge on any atom is 0.491 e. The van der Waals surface area contributed by atoms with Crippen LogP contribution in [-0.2, 0) is 6.42 Å². The van der Waals surface area contributed by atoms with Crippen molar-refractivity contribution in [2.45, 2.75) is 13.3 Å². The number of aromatic nitrogens is 2. The smallest absolute Gasteiger partial charge is 0.423 e. The largest absolute Gasteiger partial charge is 0.491 e. The SMILES string of the molecule is CCc1nc(Cl)ncc1B(O)O. The van der Waals surface area contributed by atoms with Crippen molar-refractivity contribution in [3.63, 3.8) is 0 Å². The third-order valence-electron chi connectivity index (χ3n) is 1.48. The van der Waals surface area contributed by atoms with Gasteiger partial charge in [0.1, 0.15) is 0 Å². The maximum absolute atomic E-state index is 8.86. The number of hydrogen-bond acceptors (Lipinski definition) is 4. The van der Waals surface area contributed by atoms with Gasteiger partial charge in [-0.3, -0.25) is 0 Å². The van der Waals surface area contributed by atoms with Crippen molar-refractivity contribution in [2.24, 2.45) is 0 Å². The highest BCUT2D eigenvalue weighted by Gasteiger charge is 2.16. The van der Waals surface area contributed by atoms with Crippen LogP contribution in [0.3, 0.4) is 0 Å². The average molecular weight is 186 g/mol. The summed E-state index contributed by atoms with van der Waals surface area (Å²) in [5.41, 5.74) is 0.868. The third kappa shape index (κ3) is 1.94. The number of rotatable bonds is 2. The van der Waals surface area contributed by atoms with Crippen LogP contribution >= 0.6 is 11.6 Å². The lowest BCUT2D eigenvalue weighted by molar-refractivity contribution is 0.425. The van der Waals surface area contributed by atoms with Crippen molar-refractivity contribution in [3.8, 4) is 0 Å². The lowest BCUT2D eigenvalue weighted by Crippen LogP contribution is -2.34. The molecule has 0 aromatic carbocycles. The summed E-state index contributed by atoms with van der Waals surface area (Å²) in [4.78, 5) is 7.49. The molecular formula is C6H8BClN2O2. The predicted molar refractivity (Wildman–Crippen MR) is 46.2 cm³/mol. The highest BCUT2D eigenvalue weighted by Crippen LogP contribution is 2.00. The molecule has 6 heteroatoms. The van der Waals surface area contributed by atoms with E-state index in [1.54, 1.807) is 0 Å². The molecule has 0 aliphatic carbocycles. The lowest BCUT2D eigenvalue weighted by atomic mass is 9.79. The van der Waals surface area contributed by atoms with Gasteiger partial charge < -0.3 is 10.0 Å². The highest BCUT2D eigenvalue weighted by molar-refractivity contribution is 6.59. The summed E-state index contributed by atoms with van der Waals surface area (Å²) in [5, 5.41) is 17.8. The van der Waals surface area contributed by atoms with E-state index in [4.69, 9.17) is 21.6 Å². The van der Waals surface area contributed by atoms with Crippen LogP contribution < -0.4 is 5.46 Å². The number of nitrogens with zero attached hydrogens (tertiary/aromatic N) is 2. The zero-order chi connectivity index (χ0) is 9.14. The quantitative estimate of drug-likeness (QED) is 0.477. The predicted octanol–water partition coefficient (Wildman–Crippen LogP) is -0.628. The van der Waals surface area contributed by atoms with Crippen molar-refractivity contribution in [1.82, 2.24) is 9.97 Å². The Kier molecular flexibility index (Phi) is 3.02. The fourth-order valence-corrected chi connectivity index (χ4v) is 1.05. The molecule has 0 aliphatic rings. The second-order valence-corrected chi connectivity index (χ2v) is 2.61. The fourth-order valence-electron chi connectivity index (χ4n) is 0.901. The molecule has 4 nitrogen and oxygen atoms in total. The Morgan fingerprint density at radius 1 is 1.58 bits per heavy atom. The Bertz CT molecular complexity index is 282. The van der Waals surface area contributed by atoms with Gasteiger partial charge in [0.25, 0.3) is 0 Å². The molecule has 0 spiro atoms. The number of aryl methyl sites for hydroxylation is 1. The standard InChI is InChI=1S/C6H8BClN2O2/c1-2-5-4(7(11)12)3-9-6(8)10-5/h3,11-12H,2H2,1H3. The van der Waals surface area contributed by atoms with Crippen LogP contribution in [0, 0.1) is 0 Å². The maximum atomic E-state index is 8.86. The molecule has 64 valence electrons.